The van der Waals surface area contributed by atoms with Crippen LogP contribution in [0, 0.1) is 11.8 Å². The molecular formula is C22H27N3O5S. The van der Waals surface area contributed by atoms with E-state index >= 15 is 0 Å². The SMILES string of the molecule is C=CC(=O)NC1CC2CCN(S(=O)(=O)c3ccc4c(c3)CCN4C(=O)C3CC3)CC2O1. The summed E-state index contributed by atoms with van der Waals surface area (Å²) < 4.78 is 34.0. The summed E-state index contributed by atoms with van der Waals surface area (Å²) in [4.78, 5) is 26.1. The minimum absolute atomic E-state index is 0.141. The smallest absolute Gasteiger partial charge is 0.245 e. The number of carbonyl (C=O) groups is 2. The Morgan fingerprint density at radius 1 is 1.19 bits per heavy atom. The van der Waals surface area contributed by atoms with Gasteiger partial charge >= 0.3 is 0 Å². The number of sulfonamides is 1. The summed E-state index contributed by atoms with van der Waals surface area (Å²) in [6, 6.07) is 5.11. The Hall–Kier alpha value is -2.23. The highest BCUT2D eigenvalue weighted by molar-refractivity contribution is 7.89. The van der Waals surface area contributed by atoms with Crippen LogP contribution in [-0.4, -0.2) is 56.5 Å². The fourth-order valence-corrected chi connectivity index (χ4v) is 6.42. The molecule has 1 saturated carbocycles. The number of piperidine rings is 1. The molecule has 0 spiro atoms. The number of fused-ring (bicyclic) bond motifs is 2. The summed E-state index contributed by atoms with van der Waals surface area (Å²) in [6.07, 6.45) is 4.52. The number of hydrogen-bond acceptors (Lipinski definition) is 5. The van der Waals surface area contributed by atoms with E-state index in [9.17, 15) is 18.0 Å². The van der Waals surface area contributed by atoms with Gasteiger partial charge < -0.3 is 15.0 Å². The van der Waals surface area contributed by atoms with Gasteiger partial charge in [-0.2, -0.15) is 4.31 Å². The van der Waals surface area contributed by atoms with Crippen LogP contribution >= 0.6 is 0 Å². The van der Waals surface area contributed by atoms with Crippen LogP contribution in [0.4, 0.5) is 5.69 Å². The lowest BCUT2D eigenvalue weighted by Gasteiger charge is -2.33. The molecule has 1 aromatic carbocycles. The summed E-state index contributed by atoms with van der Waals surface area (Å²) in [6.45, 7) is 4.77. The molecule has 166 valence electrons. The Morgan fingerprint density at radius 3 is 2.74 bits per heavy atom. The predicted molar refractivity (Wildman–Crippen MR) is 114 cm³/mol. The Morgan fingerprint density at radius 2 is 2.00 bits per heavy atom. The zero-order valence-electron chi connectivity index (χ0n) is 17.3. The molecule has 3 unspecified atom stereocenters. The summed E-state index contributed by atoms with van der Waals surface area (Å²) >= 11 is 0. The number of hydrogen-bond donors (Lipinski definition) is 1. The normalized spacial score (nSPS) is 28.1. The molecule has 1 N–H and O–H groups in total. The van der Waals surface area contributed by atoms with Crippen LogP contribution in [0.1, 0.15) is 31.2 Å². The van der Waals surface area contributed by atoms with Crippen molar-refractivity contribution in [1.82, 2.24) is 9.62 Å². The van der Waals surface area contributed by atoms with E-state index in [0.717, 1.165) is 24.1 Å². The second-order valence-corrected chi connectivity index (χ2v) is 10.8. The Balaban J connectivity index is 1.30. The molecule has 3 atom stereocenters. The van der Waals surface area contributed by atoms with Crippen LogP contribution in [0.2, 0.25) is 0 Å². The first-order valence-electron chi connectivity index (χ1n) is 10.9. The van der Waals surface area contributed by atoms with Crippen LogP contribution in [-0.2, 0) is 30.8 Å². The lowest BCUT2D eigenvalue weighted by Crippen LogP contribution is -2.45. The molecule has 5 rings (SSSR count). The third-order valence-electron chi connectivity index (χ3n) is 6.78. The van der Waals surface area contributed by atoms with Gasteiger partial charge in [0.05, 0.1) is 11.0 Å². The average molecular weight is 446 g/mol. The monoisotopic (exact) mass is 445 g/mol. The maximum Gasteiger partial charge on any atom is 0.245 e. The second kappa shape index (κ2) is 7.72. The fourth-order valence-electron chi connectivity index (χ4n) is 4.90. The zero-order chi connectivity index (χ0) is 21.8. The molecule has 8 nitrogen and oxygen atoms in total. The lowest BCUT2D eigenvalue weighted by atomic mass is 9.94. The van der Waals surface area contributed by atoms with Gasteiger partial charge in [-0.25, -0.2) is 8.42 Å². The van der Waals surface area contributed by atoms with Crippen LogP contribution in [0.5, 0.6) is 0 Å². The van der Waals surface area contributed by atoms with Gasteiger partial charge in [-0.1, -0.05) is 6.58 Å². The minimum Gasteiger partial charge on any atom is -0.354 e. The highest BCUT2D eigenvalue weighted by Gasteiger charge is 2.43. The molecule has 9 heteroatoms. The Bertz CT molecular complexity index is 1040. The minimum atomic E-state index is -3.66. The molecule has 0 aromatic heterocycles. The van der Waals surface area contributed by atoms with Crippen molar-refractivity contribution >= 4 is 27.5 Å². The Labute approximate surface area is 182 Å². The van der Waals surface area contributed by atoms with Gasteiger partial charge in [-0.3, -0.25) is 9.59 Å². The highest BCUT2D eigenvalue weighted by Crippen LogP contribution is 2.38. The molecule has 0 bridgehead atoms. The van der Waals surface area contributed by atoms with Gasteiger partial charge in [0.2, 0.25) is 21.8 Å². The van der Waals surface area contributed by atoms with E-state index in [0.29, 0.717) is 32.4 Å². The Kier molecular flexibility index (Phi) is 5.15. The van der Waals surface area contributed by atoms with Crippen molar-refractivity contribution in [2.75, 3.05) is 24.5 Å². The molecule has 3 heterocycles. The van der Waals surface area contributed by atoms with Gasteiger partial charge in [-0.15, -0.1) is 0 Å². The number of amides is 2. The molecule has 31 heavy (non-hydrogen) atoms. The van der Waals surface area contributed by atoms with E-state index in [4.69, 9.17) is 4.74 Å². The number of anilines is 1. The van der Waals surface area contributed by atoms with Gasteiger partial charge in [0.1, 0.15) is 6.23 Å². The van der Waals surface area contributed by atoms with E-state index in [1.54, 1.807) is 23.1 Å². The van der Waals surface area contributed by atoms with Crippen molar-refractivity contribution in [2.45, 2.75) is 49.3 Å². The van der Waals surface area contributed by atoms with Crippen LogP contribution < -0.4 is 10.2 Å². The van der Waals surface area contributed by atoms with Crippen molar-refractivity contribution in [3.63, 3.8) is 0 Å². The summed E-state index contributed by atoms with van der Waals surface area (Å²) in [5.41, 5.74) is 1.75. The maximum atomic E-state index is 13.3. The summed E-state index contributed by atoms with van der Waals surface area (Å²) in [5, 5.41) is 2.74. The first-order chi connectivity index (χ1) is 14.9. The van der Waals surface area contributed by atoms with Gasteiger partial charge in [0, 0.05) is 31.2 Å². The van der Waals surface area contributed by atoms with E-state index in [2.05, 4.69) is 11.9 Å². The molecule has 1 aromatic rings. The molecule has 2 amide bonds. The first-order valence-corrected chi connectivity index (χ1v) is 12.3. The first kappa shape index (κ1) is 20.7. The van der Waals surface area contributed by atoms with Crippen molar-refractivity contribution < 1.29 is 22.7 Å². The van der Waals surface area contributed by atoms with E-state index < -0.39 is 16.3 Å². The molecule has 2 saturated heterocycles. The van der Waals surface area contributed by atoms with Gasteiger partial charge in [0.15, 0.2) is 0 Å². The molecule has 3 aliphatic heterocycles. The van der Waals surface area contributed by atoms with Crippen LogP contribution in [0.3, 0.4) is 0 Å². The number of rotatable bonds is 5. The zero-order valence-corrected chi connectivity index (χ0v) is 18.1. The predicted octanol–water partition coefficient (Wildman–Crippen LogP) is 1.41. The van der Waals surface area contributed by atoms with Crippen molar-refractivity contribution in [3.8, 4) is 0 Å². The molecule has 3 fully saturated rings. The summed E-state index contributed by atoms with van der Waals surface area (Å²) in [5.74, 6) is 0.235. The number of nitrogens with zero attached hydrogens (tertiary/aromatic N) is 2. The molecule has 1 aliphatic carbocycles. The average Bonchev–Trinajstić information content (AvgIpc) is 3.40. The van der Waals surface area contributed by atoms with Crippen LogP contribution in [0.15, 0.2) is 35.7 Å². The number of benzene rings is 1. The van der Waals surface area contributed by atoms with Crippen molar-refractivity contribution in [3.05, 3.63) is 36.4 Å². The third kappa shape index (κ3) is 3.79. The van der Waals surface area contributed by atoms with Crippen molar-refractivity contribution in [1.29, 1.82) is 0 Å². The molecule has 4 aliphatic rings. The highest BCUT2D eigenvalue weighted by atomic mass is 32.2. The fraction of sp³-hybridized carbons (Fsp3) is 0.545. The molecule has 0 radical (unpaired) electrons. The van der Waals surface area contributed by atoms with E-state index in [-0.39, 0.29) is 41.2 Å². The number of nitrogens with one attached hydrogen (secondary N) is 1. The lowest BCUT2D eigenvalue weighted by molar-refractivity contribution is -0.121. The second-order valence-electron chi connectivity index (χ2n) is 8.83. The molecular weight excluding hydrogens is 418 g/mol. The van der Waals surface area contributed by atoms with E-state index in [1.807, 2.05) is 0 Å². The van der Waals surface area contributed by atoms with Gasteiger partial charge in [0.25, 0.3) is 0 Å². The van der Waals surface area contributed by atoms with Crippen molar-refractivity contribution in [2.24, 2.45) is 11.8 Å². The number of ether oxygens (including phenoxy) is 1. The maximum absolute atomic E-state index is 13.3. The topological polar surface area (TPSA) is 96.0 Å². The van der Waals surface area contributed by atoms with E-state index in [1.165, 1.54) is 10.4 Å². The summed E-state index contributed by atoms with van der Waals surface area (Å²) in [7, 11) is -3.66. The standard InChI is InChI=1S/C22H27N3O5S/c1-2-20(26)23-21-12-16-7-9-24(13-19(16)30-21)31(28,29)17-5-6-18-15(11-17)8-10-25(18)22(27)14-3-4-14/h2,5-6,11,14,16,19,21H,1,3-4,7-10,12-13H2,(H,23,26). The van der Waals surface area contributed by atoms with Crippen LogP contribution in [0.25, 0.3) is 0 Å². The quantitative estimate of drug-likeness (QED) is 0.692. The van der Waals surface area contributed by atoms with Gasteiger partial charge in [-0.05, 0) is 67.9 Å². The number of carbonyl (C=O) groups excluding carboxylic acids is 2. The largest absolute Gasteiger partial charge is 0.354 e. The third-order valence-corrected chi connectivity index (χ3v) is 8.64.